The average molecular weight is 626 g/mol. The van der Waals surface area contributed by atoms with E-state index < -0.39 is 45.3 Å². The summed E-state index contributed by atoms with van der Waals surface area (Å²) in [6.07, 6.45) is 0. The molecule has 8 heteroatoms. The number of likely N-dealkylation sites (tertiary alicyclic amines) is 1. The number of alkyl halides is 2. The highest BCUT2D eigenvalue weighted by Gasteiger charge is 2.73. The van der Waals surface area contributed by atoms with E-state index in [9.17, 15) is 14.4 Å². The molecule has 3 atom stereocenters. The van der Waals surface area contributed by atoms with Crippen molar-refractivity contribution >= 4 is 46.6 Å². The predicted molar refractivity (Wildman–Crippen MR) is 170 cm³/mol. The van der Waals surface area contributed by atoms with Gasteiger partial charge in [-0.2, -0.15) is 0 Å². The van der Waals surface area contributed by atoms with Crippen LogP contribution in [0.15, 0.2) is 97.1 Å². The van der Waals surface area contributed by atoms with Crippen LogP contribution in [-0.2, 0) is 24.1 Å². The molecule has 1 aliphatic heterocycles. The third-order valence-corrected chi connectivity index (χ3v) is 10.5. The van der Waals surface area contributed by atoms with Gasteiger partial charge in [-0.05, 0) is 71.5 Å². The van der Waals surface area contributed by atoms with Crippen molar-refractivity contribution < 1.29 is 19.1 Å². The maximum absolute atomic E-state index is 14.4. The lowest BCUT2D eigenvalue weighted by atomic mass is 9.54. The normalized spacial score (nSPS) is 25.4. The number of benzene rings is 4. The first-order valence-corrected chi connectivity index (χ1v) is 15.4. The zero-order valence-electron chi connectivity index (χ0n) is 24.4. The van der Waals surface area contributed by atoms with Crippen molar-refractivity contribution in [2.45, 2.75) is 36.6 Å². The zero-order valence-corrected chi connectivity index (χ0v) is 25.9. The van der Waals surface area contributed by atoms with Crippen molar-refractivity contribution in [2.24, 2.45) is 17.8 Å². The van der Waals surface area contributed by atoms with Crippen LogP contribution in [0, 0.1) is 24.7 Å². The van der Waals surface area contributed by atoms with Gasteiger partial charge in [0.1, 0.15) is 27.3 Å². The molecule has 0 unspecified atom stereocenters. The summed E-state index contributed by atoms with van der Waals surface area (Å²) < 4.78 is 5.91. The minimum Gasteiger partial charge on any atom is -0.457 e. The predicted octanol–water partition coefficient (Wildman–Crippen LogP) is 7.34. The average Bonchev–Trinajstić information content (AvgIpc) is 3.28. The second-order valence-electron chi connectivity index (χ2n) is 12.1. The van der Waals surface area contributed by atoms with E-state index in [1.165, 1.54) is 0 Å². The molecule has 1 heterocycles. The van der Waals surface area contributed by atoms with Gasteiger partial charge in [0.05, 0.1) is 11.8 Å². The topological polar surface area (TPSA) is 75.7 Å². The number of hydrogen-bond donors (Lipinski definition) is 1. The molecular formula is C36H30Cl2N2O4. The van der Waals surface area contributed by atoms with E-state index in [0.29, 0.717) is 17.2 Å². The Bertz CT molecular complexity index is 1700. The van der Waals surface area contributed by atoms with Gasteiger partial charge in [-0.1, -0.05) is 80.1 Å². The quantitative estimate of drug-likeness (QED) is 0.180. The number of halogens is 2. The Balaban J connectivity index is 1.20. The number of amides is 3. The summed E-state index contributed by atoms with van der Waals surface area (Å²) >= 11 is 15.1. The van der Waals surface area contributed by atoms with Crippen LogP contribution in [0.2, 0.25) is 0 Å². The summed E-state index contributed by atoms with van der Waals surface area (Å²) in [5.74, 6) is -2.45. The summed E-state index contributed by atoms with van der Waals surface area (Å²) in [6.45, 7) is 5.64. The molecule has 8 rings (SSSR count). The molecule has 3 aliphatic carbocycles. The number of hydrogen-bond acceptors (Lipinski definition) is 4. The van der Waals surface area contributed by atoms with Crippen molar-refractivity contribution in [1.29, 1.82) is 0 Å². The maximum atomic E-state index is 14.4. The van der Waals surface area contributed by atoms with Crippen LogP contribution in [-0.4, -0.2) is 28.7 Å². The fourth-order valence-corrected chi connectivity index (χ4v) is 8.34. The third-order valence-electron chi connectivity index (χ3n) is 9.18. The van der Waals surface area contributed by atoms with Crippen LogP contribution >= 0.6 is 23.2 Å². The molecule has 0 saturated carbocycles. The standard InChI is InChI=1S/C36H30Cl2N2O4/c1-20(2)31(32(41)39-22-14-18-24(19-15-22)44-23-16-12-21(3)13-17-23)40-33(42)29-30(34(40)43)36(38)26-9-5-4-8-25(26)35(29,37)27-10-6-7-11-28(27)36/h4-20,29-31H,1-3H3,(H,39,41)/t29-,30-,31+,35?,36?/m1/s1. The van der Waals surface area contributed by atoms with Crippen LogP contribution in [0.1, 0.15) is 41.7 Å². The molecule has 4 aromatic rings. The molecule has 4 aromatic carbocycles. The van der Waals surface area contributed by atoms with Gasteiger partial charge in [-0.3, -0.25) is 19.3 Å². The summed E-state index contributed by atoms with van der Waals surface area (Å²) in [4.78, 5) is 41.2. The molecule has 3 amide bonds. The van der Waals surface area contributed by atoms with E-state index in [0.717, 1.165) is 32.7 Å². The van der Waals surface area contributed by atoms with E-state index in [1.807, 2.05) is 93.6 Å². The third kappa shape index (κ3) is 3.97. The number of carbonyl (C=O) groups excluding carboxylic acids is 3. The summed E-state index contributed by atoms with van der Waals surface area (Å²) in [7, 11) is 0. The Morgan fingerprint density at radius 3 is 1.55 bits per heavy atom. The lowest BCUT2D eigenvalue weighted by molar-refractivity contribution is -0.148. The van der Waals surface area contributed by atoms with Crippen molar-refractivity contribution in [2.75, 3.05) is 5.32 Å². The molecule has 1 saturated heterocycles. The van der Waals surface area contributed by atoms with E-state index in [-0.39, 0.29) is 5.92 Å². The smallest absolute Gasteiger partial charge is 0.247 e. The number of aryl methyl sites for hydroxylation is 1. The van der Waals surface area contributed by atoms with E-state index in [2.05, 4.69) is 5.32 Å². The molecule has 1 fully saturated rings. The molecule has 1 N–H and O–H groups in total. The van der Waals surface area contributed by atoms with Crippen molar-refractivity contribution in [3.05, 3.63) is 125 Å². The van der Waals surface area contributed by atoms with E-state index in [1.54, 1.807) is 24.3 Å². The molecule has 0 aromatic heterocycles. The highest BCUT2D eigenvalue weighted by molar-refractivity contribution is 6.36. The van der Waals surface area contributed by atoms with Gasteiger partial charge in [-0.25, -0.2) is 0 Å². The van der Waals surface area contributed by atoms with Crippen LogP contribution in [0.4, 0.5) is 5.69 Å². The minimum absolute atomic E-state index is 0.382. The zero-order chi connectivity index (χ0) is 31.0. The Morgan fingerprint density at radius 1 is 0.727 bits per heavy atom. The van der Waals surface area contributed by atoms with Gasteiger partial charge in [-0.15, -0.1) is 23.2 Å². The Morgan fingerprint density at radius 2 is 1.14 bits per heavy atom. The van der Waals surface area contributed by atoms with Crippen molar-refractivity contribution in [3.63, 3.8) is 0 Å². The van der Waals surface area contributed by atoms with Gasteiger partial charge >= 0.3 is 0 Å². The van der Waals surface area contributed by atoms with Gasteiger partial charge in [0.2, 0.25) is 17.7 Å². The van der Waals surface area contributed by atoms with Crippen LogP contribution in [0.3, 0.4) is 0 Å². The van der Waals surface area contributed by atoms with Crippen LogP contribution < -0.4 is 10.1 Å². The fourth-order valence-electron chi connectivity index (χ4n) is 7.25. The summed E-state index contributed by atoms with van der Waals surface area (Å²) in [5.41, 5.74) is 4.52. The summed E-state index contributed by atoms with van der Waals surface area (Å²) in [6, 6.07) is 28.6. The second kappa shape index (κ2) is 10.2. The van der Waals surface area contributed by atoms with Gasteiger partial charge < -0.3 is 10.1 Å². The number of nitrogens with one attached hydrogen (secondary N) is 1. The number of carbonyl (C=O) groups is 3. The lowest BCUT2D eigenvalue weighted by Gasteiger charge is -2.54. The molecule has 4 aliphatic rings. The largest absolute Gasteiger partial charge is 0.457 e. The van der Waals surface area contributed by atoms with Crippen molar-refractivity contribution in [1.82, 2.24) is 4.90 Å². The SMILES string of the molecule is Cc1ccc(Oc2ccc(NC(=O)[C@H](C(C)C)N3C(=O)[C@H]4[C@H](C3=O)C3(Cl)c5ccccc5C4(Cl)c4ccccc43)cc2)cc1. The first-order valence-electron chi connectivity index (χ1n) is 14.7. The van der Waals surface area contributed by atoms with Gasteiger partial charge in [0.25, 0.3) is 0 Å². The fraction of sp³-hybridized carbons (Fsp3) is 0.250. The Hall–Kier alpha value is -4.13. The Kier molecular flexibility index (Phi) is 6.65. The number of imide groups is 1. The number of rotatable bonds is 6. The number of ether oxygens (including phenoxy) is 1. The molecule has 6 nitrogen and oxygen atoms in total. The maximum Gasteiger partial charge on any atom is 0.247 e. The first kappa shape index (κ1) is 28.6. The number of anilines is 1. The van der Waals surface area contributed by atoms with E-state index in [4.69, 9.17) is 27.9 Å². The Labute approximate surface area is 265 Å². The van der Waals surface area contributed by atoms with E-state index >= 15 is 0 Å². The summed E-state index contributed by atoms with van der Waals surface area (Å²) in [5, 5.41) is 2.91. The highest BCUT2D eigenvalue weighted by Crippen LogP contribution is 2.69. The minimum atomic E-state index is -1.30. The number of nitrogens with zero attached hydrogens (tertiary/aromatic N) is 1. The highest BCUT2D eigenvalue weighted by atomic mass is 35.5. The molecule has 0 radical (unpaired) electrons. The van der Waals surface area contributed by atoms with Crippen molar-refractivity contribution in [3.8, 4) is 11.5 Å². The van der Waals surface area contributed by atoms with Crippen LogP contribution in [0.25, 0.3) is 0 Å². The lowest BCUT2D eigenvalue weighted by Crippen LogP contribution is -2.57. The monoisotopic (exact) mass is 624 g/mol. The first-order chi connectivity index (χ1) is 21.1. The molecule has 2 bridgehead atoms. The molecule has 0 spiro atoms. The van der Waals surface area contributed by atoms with Gasteiger partial charge in [0, 0.05) is 5.69 Å². The molecular weight excluding hydrogens is 595 g/mol. The van der Waals surface area contributed by atoms with Gasteiger partial charge in [0.15, 0.2) is 0 Å². The molecule has 44 heavy (non-hydrogen) atoms. The molecule has 222 valence electrons. The van der Waals surface area contributed by atoms with Crippen LogP contribution in [0.5, 0.6) is 11.5 Å². The second-order valence-corrected chi connectivity index (χ2v) is 13.3.